The zero-order chi connectivity index (χ0) is 26.3. The van der Waals surface area contributed by atoms with Crippen LogP contribution < -0.4 is 9.64 Å². The zero-order valence-corrected chi connectivity index (χ0v) is 19.5. The van der Waals surface area contributed by atoms with E-state index >= 15 is 0 Å². The van der Waals surface area contributed by atoms with Gasteiger partial charge in [-0.25, -0.2) is 14.5 Å². The van der Waals surface area contributed by atoms with Gasteiger partial charge in [-0.3, -0.25) is 0 Å². The minimum atomic E-state index is -4.90. The molecule has 0 aromatic heterocycles. The van der Waals surface area contributed by atoms with Crippen LogP contribution in [0.1, 0.15) is 11.1 Å². The molecular formula is C22H19ClF3N3O7. The highest BCUT2D eigenvalue weighted by atomic mass is 35.5. The van der Waals surface area contributed by atoms with Crippen LogP contribution in [0.5, 0.6) is 5.75 Å². The zero-order valence-electron chi connectivity index (χ0n) is 18.8. The third-order valence-corrected chi connectivity index (χ3v) is 5.76. The highest BCUT2D eigenvalue weighted by Gasteiger charge is 2.55. The summed E-state index contributed by atoms with van der Waals surface area (Å²) in [5, 5.41) is 15.9. The van der Waals surface area contributed by atoms with Crippen molar-refractivity contribution in [1.29, 1.82) is 0 Å². The molecule has 1 heterocycles. The second-order valence-electron chi connectivity index (χ2n) is 7.67. The molecule has 0 saturated carbocycles. The molecule has 0 fully saturated rings. The molecule has 36 heavy (non-hydrogen) atoms. The van der Waals surface area contributed by atoms with Gasteiger partial charge in [-0.15, -0.1) is 13.2 Å². The van der Waals surface area contributed by atoms with Gasteiger partial charge in [0.2, 0.25) is 12.0 Å². The lowest BCUT2D eigenvalue weighted by Crippen LogP contribution is -2.57. The molecular weight excluding hydrogens is 511 g/mol. The molecule has 2 aromatic rings. The molecule has 192 valence electrons. The number of esters is 1. The van der Waals surface area contributed by atoms with E-state index in [9.17, 15) is 27.9 Å². The number of amides is 2. The minimum Gasteiger partial charge on any atom is -0.467 e. The number of hydrogen-bond acceptors (Lipinski definition) is 8. The summed E-state index contributed by atoms with van der Waals surface area (Å²) < 4.78 is 56.9. The van der Waals surface area contributed by atoms with Gasteiger partial charge in [-0.05, 0) is 42.0 Å². The van der Waals surface area contributed by atoms with Crippen molar-refractivity contribution in [3.63, 3.8) is 0 Å². The van der Waals surface area contributed by atoms with E-state index in [2.05, 4.69) is 9.84 Å². The average molecular weight is 530 g/mol. The number of urea groups is 1. The maximum atomic E-state index is 13.4. The van der Waals surface area contributed by atoms with Gasteiger partial charge >= 0.3 is 18.4 Å². The first-order valence-corrected chi connectivity index (χ1v) is 10.6. The molecule has 2 amide bonds. The number of rotatable bonds is 5. The van der Waals surface area contributed by atoms with Crippen molar-refractivity contribution in [1.82, 2.24) is 5.01 Å². The maximum Gasteiger partial charge on any atom is 0.573 e. The summed E-state index contributed by atoms with van der Waals surface area (Å²) >= 11 is 6.08. The van der Waals surface area contributed by atoms with Crippen LogP contribution in [-0.4, -0.2) is 67.2 Å². The summed E-state index contributed by atoms with van der Waals surface area (Å²) in [4.78, 5) is 26.8. The number of ether oxygens (including phenoxy) is 4. The molecule has 0 radical (unpaired) electrons. The van der Waals surface area contributed by atoms with Crippen LogP contribution in [0.25, 0.3) is 0 Å². The van der Waals surface area contributed by atoms with Crippen molar-refractivity contribution >= 4 is 35.0 Å². The highest BCUT2D eigenvalue weighted by Crippen LogP contribution is 2.39. The number of fused-ring (bicyclic) bond motifs is 3. The molecule has 1 aliphatic heterocycles. The molecule has 2 unspecified atom stereocenters. The quantitative estimate of drug-likeness (QED) is 0.467. The minimum absolute atomic E-state index is 0.0347. The molecule has 2 aromatic carbocycles. The van der Waals surface area contributed by atoms with E-state index in [1.54, 1.807) is 18.2 Å². The van der Waals surface area contributed by atoms with Crippen LogP contribution in [0.3, 0.4) is 0 Å². The number of aliphatic hydroxyl groups excluding tert-OH is 1. The van der Waals surface area contributed by atoms with Gasteiger partial charge in [0, 0.05) is 24.1 Å². The lowest BCUT2D eigenvalue weighted by molar-refractivity contribution is -0.274. The molecule has 0 bridgehead atoms. The van der Waals surface area contributed by atoms with Crippen LogP contribution in [-0.2, 0) is 25.4 Å². The van der Waals surface area contributed by atoms with Crippen molar-refractivity contribution < 1.29 is 46.8 Å². The van der Waals surface area contributed by atoms with E-state index in [0.717, 1.165) is 41.3 Å². The SMILES string of the molecule is COC(=O)C12Cc3cc(Cl)ccc3C1=NN(C(=O)N(c1ccc(OC(F)(F)F)cc1)C(O)OC)CO2. The Morgan fingerprint density at radius 2 is 1.92 bits per heavy atom. The standard InChI is InChI=1S/C22H19ClF3N3O7/c1-33-18(30)21-10-12-9-13(23)3-8-16(12)17(21)27-28(11-35-21)19(31)29(20(32)34-2)14-4-6-15(7-5-14)36-22(24,25)26/h3-9,20,32H,10-11H2,1-2H3. The van der Waals surface area contributed by atoms with Gasteiger partial charge in [0.1, 0.15) is 18.2 Å². The summed E-state index contributed by atoms with van der Waals surface area (Å²) in [7, 11) is 2.30. The van der Waals surface area contributed by atoms with Crippen LogP contribution in [0.15, 0.2) is 47.6 Å². The highest BCUT2D eigenvalue weighted by molar-refractivity contribution is 6.31. The number of alkyl halides is 3. The number of carbonyl (C=O) groups is 2. The van der Waals surface area contributed by atoms with Gasteiger partial charge < -0.3 is 24.1 Å². The third kappa shape index (κ3) is 4.69. The Morgan fingerprint density at radius 3 is 2.53 bits per heavy atom. The predicted molar refractivity (Wildman–Crippen MR) is 118 cm³/mol. The smallest absolute Gasteiger partial charge is 0.467 e. The second kappa shape index (κ2) is 9.58. The van der Waals surface area contributed by atoms with E-state index < -0.39 is 42.9 Å². The van der Waals surface area contributed by atoms with Crippen molar-refractivity contribution in [3.05, 3.63) is 58.6 Å². The third-order valence-electron chi connectivity index (χ3n) is 5.52. The van der Waals surface area contributed by atoms with Crippen LogP contribution >= 0.6 is 11.6 Å². The summed E-state index contributed by atoms with van der Waals surface area (Å²) in [6.07, 6.45) is -6.67. The van der Waals surface area contributed by atoms with Gasteiger partial charge in [0.05, 0.1) is 12.8 Å². The Hall–Kier alpha value is -3.39. The monoisotopic (exact) mass is 529 g/mol. The molecule has 1 N–H and O–H groups in total. The first-order chi connectivity index (χ1) is 17.0. The number of carbonyl (C=O) groups excluding carboxylic acids is 2. The lowest BCUT2D eigenvalue weighted by atomic mass is 9.97. The normalized spacial score (nSPS) is 19.6. The van der Waals surface area contributed by atoms with Crippen molar-refractivity contribution in [3.8, 4) is 5.75 Å². The van der Waals surface area contributed by atoms with Gasteiger partial charge in [-0.1, -0.05) is 17.7 Å². The molecule has 10 nitrogen and oxygen atoms in total. The fraction of sp³-hybridized carbons (Fsp3) is 0.318. The first kappa shape index (κ1) is 25.7. The summed E-state index contributed by atoms with van der Waals surface area (Å²) in [5.74, 6) is -1.26. The van der Waals surface area contributed by atoms with E-state index in [1.807, 2.05) is 0 Å². The first-order valence-electron chi connectivity index (χ1n) is 10.3. The average Bonchev–Trinajstić information content (AvgIpc) is 3.17. The Labute approximate surface area is 207 Å². The number of hydrogen-bond donors (Lipinski definition) is 1. The van der Waals surface area contributed by atoms with Crippen LogP contribution in [0.4, 0.5) is 23.7 Å². The number of halogens is 4. The maximum absolute atomic E-state index is 13.4. The van der Waals surface area contributed by atoms with Gasteiger partial charge in [0.25, 0.3) is 0 Å². The molecule has 14 heteroatoms. The Morgan fingerprint density at radius 1 is 1.22 bits per heavy atom. The Balaban J connectivity index is 1.70. The fourth-order valence-electron chi connectivity index (χ4n) is 3.95. The van der Waals surface area contributed by atoms with Crippen molar-refractivity contribution in [2.24, 2.45) is 5.10 Å². The summed E-state index contributed by atoms with van der Waals surface area (Å²) in [6.45, 7) is -0.513. The fourth-order valence-corrected chi connectivity index (χ4v) is 4.14. The van der Waals surface area contributed by atoms with Gasteiger partial charge in [-0.2, -0.15) is 10.1 Å². The van der Waals surface area contributed by atoms with Crippen molar-refractivity contribution in [2.75, 3.05) is 25.9 Å². The number of methoxy groups -OCH3 is 2. The molecule has 0 spiro atoms. The van der Waals surface area contributed by atoms with Gasteiger partial charge in [0.15, 0.2) is 0 Å². The van der Waals surface area contributed by atoms with E-state index in [0.29, 0.717) is 16.1 Å². The Bertz CT molecular complexity index is 1210. The second-order valence-corrected chi connectivity index (χ2v) is 8.11. The number of anilines is 1. The largest absolute Gasteiger partial charge is 0.573 e. The van der Waals surface area contributed by atoms with E-state index in [-0.39, 0.29) is 17.8 Å². The molecule has 1 aliphatic carbocycles. The van der Waals surface area contributed by atoms with Crippen molar-refractivity contribution in [2.45, 2.75) is 24.8 Å². The molecule has 0 saturated heterocycles. The number of hydrazone groups is 1. The number of nitrogens with zero attached hydrogens (tertiary/aromatic N) is 3. The van der Waals surface area contributed by atoms with E-state index in [4.69, 9.17) is 25.8 Å². The van der Waals surface area contributed by atoms with E-state index in [1.165, 1.54) is 7.11 Å². The number of benzene rings is 2. The Kier molecular flexibility index (Phi) is 6.84. The van der Waals surface area contributed by atoms with Crippen LogP contribution in [0.2, 0.25) is 5.02 Å². The number of aliphatic hydroxyl groups is 1. The summed E-state index contributed by atoms with van der Waals surface area (Å²) in [6, 6.07) is 8.05. The summed E-state index contributed by atoms with van der Waals surface area (Å²) in [5.41, 5.74) is -0.390. The molecule has 4 rings (SSSR count). The molecule has 2 aliphatic rings. The molecule has 2 atom stereocenters. The predicted octanol–water partition coefficient (Wildman–Crippen LogP) is 3.25. The van der Waals surface area contributed by atoms with Crippen LogP contribution in [0, 0.1) is 0 Å². The topological polar surface area (TPSA) is 110 Å². The lowest BCUT2D eigenvalue weighted by Gasteiger charge is -2.37.